The predicted octanol–water partition coefficient (Wildman–Crippen LogP) is 3.33. The Morgan fingerprint density at radius 3 is 2.41 bits per heavy atom. The summed E-state index contributed by atoms with van der Waals surface area (Å²) in [6, 6.07) is 10.7. The van der Waals surface area contributed by atoms with E-state index in [1.165, 1.54) is 0 Å². The molecule has 2 fully saturated rings. The normalized spacial score (nSPS) is 19.8. The van der Waals surface area contributed by atoms with Crippen molar-refractivity contribution < 1.29 is 4.79 Å². The molecule has 0 aliphatic carbocycles. The van der Waals surface area contributed by atoms with Crippen LogP contribution in [0, 0.1) is 0 Å². The van der Waals surface area contributed by atoms with Gasteiger partial charge in [0.2, 0.25) is 0 Å². The molecule has 0 saturated carbocycles. The summed E-state index contributed by atoms with van der Waals surface area (Å²) < 4.78 is 1.95. The Bertz CT molecular complexity index is 1040. The summed E-state index contributed by atoms with van der Waals surface area (Å²) in [5.41, 5.74) is 2.75. The van der Waals surface area contributed by atoms with E-state index in [1.807, 2.05) is 50.6 Å². The number of hydrogen-bond donors (Lipinski definition) is 1. The fourth-order valence-electron chi connectivity index (χ4n) is 4.95. The maximum atomic E-state index is 12.5. The number of benzene rings is 1. The van der Waals surface area contributed by atoms with Gasteiger partial charge in [0, 0.05) is 43.6 Å². The topological polar surface area (TPSA) is 61.3 Å². The molecule has 0 bridgehead atoms. The minimum Gasteiger partial charge on any atom is -0.339 e. The smallest absolute Gasteiger partial charge is 0.326 e. The van der Waals surface area contributed by atoms with Crippen molar-refractivity contribution in [1.82, 2.24) is 19.4 Å². The van der Waals surface area contributed by atoms with Gasteiger partial charge < -0.3 is 14.8 Å². The number of hydrogen-bond acceptors (Lipinski definition) is 4. The van der Waals surface area contributed by atoms with E-state index in [0.717, 1.165) is 68.5 Å². The predicted molar refractivity (Wildman–Crippen MR) is 116 cm³/mol. The van der Waals surface area contributed by atoms with Crippen LogP contribution in [-0.2, 0) is 0 Å². The minimum absolute atomic E-state index is 0.00454. The summed E-state index contributed by atoms with van der Waals surface area (Å²) in [6.07, 6.45) is 4.06. The quantitative estimate of drug-likeness (QED) is 0.720. The van der Waals surface area contributed by atoms with Crippen LogP contribution in [0.25, 0.3) is 11.0 Å². The van der Waals surface area contributed by atoms with E-state index in [1.54, 1.807) is 11.3 Å². The molecule has 2 aliphatic heterocycles. The van der Waals surface area contributed by atoms with Crippen molar-refractivity contribution in [2.24, 2.45) is 0 Å². The number of likely N-dealkylation sites (tertiary alicyclic amines) is 2. The molecule has 152 valence electrons. The maximum Gasteiger partial charge on any atom is 0.326 e. The van der Waals surface area contributed by atoms with Crippen molar-refractivity contribution in [3.8, 4) is 0 Å². The van der Waals surface area contributed by atoms with Gasteiger partial charge in [0.15, 0.2) is 0 Å². The average molecular weight is 411 g/mol. The summed E-state index contributed by atoms with van der Waals surface area (Å²) in [6.45, 7) is 3.70. The van der Waals surface area contributed by atoms with E-state index in [-0.39, 0.29) is 17.6 Å². The molecule has 1 aromatic carbocycles. The zero-order valence-electron chi connectivity index (χ0n) is 16.4. The summed E-state index contributed by atoms with van der Waals surface area (Å²) in [5.74, 6) is 0.169. The van der Waals surface area contributed by atoms with Crippen LogP contribution in [0.15, 0.2) is 45.9 Å². The third-order valence-corrected chi connectivity index (χ3v) is 7.21. The number of nitrogens with zero attached hydrogens (tertiary/aromatic N) is 3. The first-order valence-corrected chi connectivity index (χ1v) is 11.4. The summed E-state index contributed by atoms with van der Waals surface area (Å²) in [5, 5.41) is 3.90. The van der Waals surface area contributed by atoms with E-state index in [4.69, 9.17) is 0 Å². The molecule has 0 atom stereocenters. The van der Waals surface area contributed by atoms with Crippen molar-refractivity contribution >= 4 is 28.3 Å². The molecule has 2 saturated heterocycles. The van der Waals surface area contributed by atoms with E-state index in [0.29, 0.717) is 6.04 Å². The zero-order valence-corrected chi connectivity index (χ0v) is 17.2. The maximum absolute atomic E-state index is 12.5. The number of thiophene rings is 1. The third-order valence-electron chi connectivity index (χ3n) is 6.52. The zero-order chi connectivity index (χ0) is 19.8. The molecular weight excluding hydrogens is 384 g/mol. The lowest BCUT2D eigenvalue weighted by Crippen LogP contribution is -2.49. The molecule has 1 N–H and O–H groups in total. The number of amides is 1. The average Bonchev–Trinajstić information content (AvgIpc) is 3.41. The molecule has 5 rings (SSSR count). The van der Waals surface area contributed by atoms with Crippen molar-refractivity contribution in [2.75, 3.05) is 26.2 Å². The van der Waals surface area contributed by atoms with Gasteiger partial charge in [-0.15, -0.1) is 0 Å². The van der Waals surface area contributed by atoms with Crippen LogP contribution < -0.4 is 5.69 Å². The molecule has 29 heavy (non-hydrogen) atoms. The molecule has 7 heteroatoms. The summed E-state index contributed by atoms with van der Waals surface area (Å²) in [4.78, 5) is 32.6. The lowest BCUT2D eigenvalue weighted by molar-refractivity contribution is 0.0558. The van der Waals surface area contributed by atoms with Gasteiger partial charge in [0.05, 0.1) is 16.6 Å². The Hall–Kier alpha value is -2.38. The number of para-hydroxylation sites is 2. The van der Waals surface area contributed by atoms with Crippen molar-refractivity contribution in [3.63, 3.8) is 0 Å². The monoisotopic (exact) mass is 410 g/mol. The number of H-pyrrole nitrogens is 1. The lowest BCUT2D eigenvalue weighted by Gasteiger charge is -2.42. The number of carbonyl (C=O) groups excluding carboxylic acids is 1. The second kappa shape index (κ2) is 7.80. The molecule has 2 aliphatic rings. The Labute approximate surface area is 173 Å². The first-order chi connectivity index (χ1) is 14.2. The highest BCUT2D eigenvalue weighted by Gasteiger charge is 2.31. The van der Waals surface area contributed by atoms with Gasteiger partial charge in [-0.1, -0.05) is 12.1 Å². The lowest BCUT2D eigenvalue weighted by atomic mass is 9.97. The molecule has 0 spiro atoms. The molecule has 3 aromatic rings. The highest BCUT2D eigenvalue weighted by molar-refractivity contribution is 7.08. The molecule has 0 unspecified atom stereocenters. The van der Waals surface area contributed by atoms with Crippen LogP contribution in [0.5, 0.6) is 0 Å². The molecule has 4 heterocycles. The number of rotatable bonds is 3. The van der Waals surface area contributed by atoms with Crippen LogP contribution in [0.4, 0.5) is 0 Å². The van der Waals surface area contributed by atoms with E-state index < -0.39 is 0 Å². The fourth-order valence-corrected chi connectivity index (χ4v) is 5.58. The number of piperidine rings is 2. The van der Waals surface area contributed by atoms with Gasteiger partial charge in [0.1, 0.15) is 0 Å². The minimum atomic E-state index is 0.00454. The standard InChI is InChI=1S/C22H26N4O2S/c27-21(16-9-14-29-15-16)25-12-5-17(6-13-25)24-10-7-18(8-11-24)26-20-4-2-1-3-19(20)23-22(26)28/h1-4,9,14-15,17-18H,5-8,10-13H2,(H,23,28). The number of carbonyl (C=O) groups is 1. The first-order valence-electron chi connectivity index (χ1n) is 10.5. The van der Waals surface area contributed by atoms with Gasteiger partial charge in [-0.3, -0.25) is 9.36 Å². The number of fused-ring (bicyclic) bond motifs is 1. The van der Waals surface area contributed by atoms with Crippen molar-refractivity contribution in [3.05, 3.63) is 57.1 Å². The first kappa shape index (κ1) is 18.6. The van der Waals surface area contributed by atoms with Gasteiger partial charge >= 0.3 is 5.69 Å². The Balaban J connectivity index is 1.19. The van der Waals surface area contributed by atoms with Gasteiger partial charge in [-0.2, -0.15) is 11.3 Å². The molecule has 1 amide bonds. The SMILES string of the molecule is O=C(c1ccsc1)N1CCC(N2CCC(n3c(=O)[nH]c4ccccc43)CC2)CC1. The largest absolute Gasteiger partial charge is 0.339 e. The summed E-state index contributed by atoms with van der Waals surface area (Å²) >= 11 is 1.57. The highest BCUT2D eigenvalue weighted by atomic mass is 32.1. The second-order valence-electron chi connectivity index (χ2n) is 8.12. The second-order valence-corrected chi connectivity index (χ2v) is 8.90. The van der Waals surface area contributed by atoms with Crippen molar-refractivity contribution in [2.45, 2.75) is 37.8 Å². The number of nitrogens with one attached hydrogen (secondary N) is 1. The molecule has 0 radical (unpaired) electrons. The number of imidazole rings is 1. The fraction of sp³-hybridized carbons (Fsp3) is 0.455. The Morgan fingerprint density at radius 2 is 1.69 bits per heavy atom. The van der Waals surface area contributed by atoms with Gasteiger partial charge in [-0.25, -0.2) is 4.79 Å². The number of aromatic amines is 1. The molecule has 6 nitrogen and oxygen atoms in total. The number of aromatic nitrogens is 2. The molecule has 2 aromatic heterocycles. The van der Waals surface area contributed by atoms with E-state index in [9.17, 15) is 9.59 Å². The Kier molecular flexibility index (Phi) is 5.01. The van der Waals surface area contributed by atoms with Crippen LogP contribution in [0.1, 0.15) is 42.1 Å². The third kappa shape index (κ3) is 3.53. The van der Waals surface area contributed by atoms with Crippen LogP contribution >= 0.6 is 11.3 Å². The van der Waals surface area contributed by atoms with Crippen LogP contribution in [0.2, 0.25) is 0 Å². The van der Waals surface area contributed by atoms with Crippen LogP contribution in [0.3, 0.4) is 0 Å². The van der Waals surface area contributed by atoms with E-state index in [2.05, 4.69) is 9.88 Å². The van der Waals surface area contributed by atoms with Crippen molar-refractivity contribution in [1.29, 1.82) is 0 Å². The van der Waals surface area contributed by atoms with Crippen LogP contribution in [-0.4, -0.2) is 57.5 Å². The van der Waals surface area contributed by atoms with Gasteiger partial charge in [0.25, 0.3) is 5.91 Å². The molecular formula is C22H26N4O2S. The Morgan fingerprint density at radius 1 is 0.966 bits per heavy atom. The highest BCUT2D eigenvalue weighted by Crippen LogP contribution is 2.28. The van der Waals surface area contributed by atoms with E-state index >= 15 is 0 Å². The van der Waals surface area contributed by atoms with Gasteiger partial charge in [-0.05, 0) is 49.3 Å². The summed E-state index contributed by atoms with van der Waals surface area (Å²) in [7, 11) is 0.